The van der Waals surface area contributed by atoms with Gasteiger partial charge in [-0.15, -0.1) is 0 Å². The molecule has 5 heteroatoms. The first kappa shape index (κ1) is 11.0. The summed E-state index contributed by atoms with van der Waals surface area (Å²) in [5, 5.41) is 8.90. The molecular formula is C9H14O5. The minimum absolute atomic E-state index is 0.307. The summed E-state index contributed by atoms with van der Waals surface area (Å²) < 4.78 is 9.71. The van der Waals surface area contributed by atoms with E-state index in [-0.39, 0.29) is 5.97 Å². The zero-order valence-corrected chi connectivity index (χ0v) is 8.06. The number of hydrogen-bond donors (Lipinski definition) is 1. The van der Waals surface area contributed by atoms with Gasteiger partial charge in [-0.2, -0.15) is 0 Å². The van der Waals surface area contributed by atoms with Crippen LogP contribution in [0.3, 0.4) is 0 Å². The van der Waals surface area contributed by atoms with Crippen molar-refractivity contribution in [2.45, 2.75) is 25.4 Å². The van der Waals surface area contributed by atoms with E-state index in [2.05, 4.69) is 0 Å². The third-order valence-corrected chi connectivity index (χ3v) is 2.31. The molecule has 1 heterocycles. The number of methoxy groups -OCH3 is 1. The highest BCUT2D eigenvalue weighted by molar-refractivity contribution is 5.75. The van der Waals surface area contributed by atoms with Gasteiger partial charge in [0, 0.05) is 20.1 Å². The van der Waals surface area contributed by atoms with Gasteiger partial charge in [0.1, 0.15) is 6.10 Å². The maximum atomic E-state index is 10.9. The van der Waals surface area contributed by atoms with Crippen LogP contribution in [0.4, 0.5) is 0 Å². The highest BCUT2D eigenvalue weighted by atomic mass is 16.6. The van der Waals surface area contributed by atoms with Crippen molar-refractivity contribution < 1.29 is 24.2 Å². The summed E-state index contributed by atoms with van der Waals surface area (Å²) in [5.41, 5.74) is 0. The number of rotatable bonds is 5. The zero-order valence-electron chi connectivity index (χ0n) is 8.06. The number of carboxylic acids is 1. The summed E-state index contributed by atoms with van der Waals surface area (Å²) in [6.45, 7) is 0.366. The third kappa shape index (κ3) is 2.70. The topological polar surface area (TPSA) is 72.8 Å². The molecule has 0 aliphatic carbocycles. The SMILES string of the molecule is COCCC(C(=O)O)C1CCC(=O)O1. The molecule has 0 amide bonds. The molecule has 5 nitrogen and oxygen atoms in total. The fraction of sp³-hybridized carbons (Fsp3) is 0.778. The van der Waals surface area contributed by atoms with E-state index >= 15 is 0 Å². The lowest BCUT2D eigenvalue weighted by molar-refractivity contribution is -0.152. The van der Waals surface area contributed by atoms with Crippen LogP contribution in [0.5, 0.6) is 0 Å². The van der Waals surface area contributed by atoms with Crippen molar-refractivity contribution in [3.05, 3.63) is 0 Å². The van der Waals surface area contributed by atoms with Gasteiger partial charge in [-0.3, -0.25) is 9.59 Å². The molecule has 0 saturated carbocycles. The van der Waals surface area contributed by atoms with E-state index in [0.29, 0.717) is 25.9 Å². The van der Waals surface area contributed by atoms with Crippen LogP contribution in [0.25, 0.3) is 0 Å². The smallest absolute Gasteiger partial charge is 0.310 e. The lowest BCUT2D eigenvalue weighted by Gasteiger charge is -2.17. The van der Waals surface area contributed by atoms with Crippen LogP contribution in [-0.4, -0.2) is 36.9 Å². The van der Waals surface area contributed by atoms with Gasteiger partial charge in [-0.05, 0) is 12.8 Å². The lowest BCUT2D eigenvalue weighted by atomic mass is 9.97. The second kappa shape index (κ2) is 4.95. The lowest BCUT2D eigenvalue weighted by Crippen LogP contribution is -2.29. The summed E-state index contributed by atoms with van der Waals surface area (Å²) in [4.78, 5) is 21.7. The number of aliphatic carboxylic acids is 1. The Bertz CT molecular complexity index is 225. The molecule has 1 saturated heterocycles. The number of ether oxygens (including phenoxy) is 2. The predicted molar refractivity (Wildman–Crippen MR) is 46.7 cm³/mol. The first-order valence-electron chi connectivity index (χ1n) is 4.56. The van der Waals surface area contributed by atoms with Gasteiger partial charge in [0.25, 0.3) is 0 Å². The van der Waals surface area contributed by atoms with Crippen LogP contribution in [-0.2, 0) is 19.1 Å². The number of carbonyl (C=O) groups is 2. The first-order valence-corrected chi connectivity index (χ1v) is 4.56. The quantitative estimate of drug-likeness (QED) is 0.654. The molecule has 0 aromatic carbocycles. The summed E-state index contributed by atoms with van der Waals surface area (Å²) in [6, 6.07) is 0. The van der Waals surface area contributed by atoms with Crippen molar-refractivity contribution in [3.63, 3.8) is 0 Å². The Morgan fingerprint density at radius 1 is 1.79 bits per heavy atom. The molecular weight excluding hydrogens is 188 g/mol. The van der Waals surface area contributed by atoms with Gasteiger partial charge in [0.05, 0.1) is 5.92 Å². The molecule has 1 rings (SSSR count). The summed E-state index contributed by atoms with van der Waals surface area (Å²) in [7, 11) is 1.51. The molecule has 2 atom stereocenters. The molecule has 1 aliphatic rings. The molecule has 0 aromatic heterocycles. The maximum Gasteiger partial charge on any atom is 0.310 e. The zero-order chi connectivity index (χ0) is 10.6. The highest BCUT2D eigenvalue weighted by Crippen LogP contribution is 2.24. The van der Waals surface area contributed by atoms with Gasteiger partial charge >= 0.3 is 11.9 Å². The fourth-order valence-corrected chi connectivity index (χ4v) is 1.54. The van der Waals surface area contributed by atoms with Crippen molar-refractivity contribution >= 4 is 11.9 Å². The Balaban J connectivity index is 2.49. The molecule has 1 aliphatic heterocycles. The van der Waals surface area contributed by atoms with E-state index in [1.54, 1.807) is 0 Å². The number of carbonyl (C=O) groups excluding carboxylic acids is 1. The van der Waals surface area contributed by atoms with Crippen LogP contribution >= 0.6 is 0 Å². The molecule has 1 N–H and O–H groups in total. The molecule has 14 heavy (non-hydrogen) atoms. The third-order valence-electron chi connectivity index (χ3n) is 2.31. The largest absolute Gasteiger partial charge is 0.481 e. The molecule has 0 aromatic rings. The van der Waals surface area contributed by atoms with Crippen molar-refractivity contribution in [3.8, 4) is 0 Å². The average molecular weight is 202 g/mol. The standard InChI is InChI=1S/C9H14O5/c1-13-5-4-6(9(11)12)7-2-3-8(10)14-7/h6-7H,2-5H2,1H3,(H,11,12). The van der Waals surface area contributed by atoms with Gasteiger partial charge in [-0.1, -0.05) is 0 Å². The van der Waals surface area contributed by atoms with Gasteiger partial charge in [0.2, 0.25) is 0 Å². The van der Waals surface area contributed by atoms with Crippen LogP contribution in [0, 0.1) is 5.92 Å². The molecule has 0 radical (unpaired) electrons. The number of cyclic esters (lactones) is 1. The number of esters is 1. The van der Waals surface area contributed by atoms with Gasteiger partial charge in [-0.25, -0.2) is 0 Å². The van der Waals surface area contributed by atoms with E-state index in [1.807, 2.05) is 0 Å². The van der Waals surface area contributed by atoms with E-state index in [0.717, 1.165) is 0 Å². The Labute approximate surface area is 82.0 Å². The summed E-state index contributed by atoms with van der Waals surface area (Å²) in [5.74, 6) is -1.87. The molecule has 2 unspecified atom stereocenters. The number of hydrogen-bond acceptors (Lipinski definition) is 4. The molecule has 80 valence electrons. The minimum atomic E-state index is -0.929. The number of carboxylic acid groups (broad SMARTS) is 1. The second-order valence-corrected chi connectivity index (χ2v) is 3.29. The van der Waals surface area contributed by atoms with Crippen molar-refractivity contribution in [2.24, 2.45) is 5.92 Å². The minimum Gasteiger partial charge on any atom is -0.481 e. The molecule has 1 fully saturated rings. The van der Waals surface area contributed by atoms with E-state index in [9.17, 15) is 9.59 Å². The van der Waals surface area contributed by atoms with Crippen LogP contribution < -0.4 is 0 Å². The van der Waals surface area contributed by atoms with Crippen molar-refractivity contribution in [2.75, 3.05) is 13.7 Å². The Hall–Kier alpha value is -1.10. The van der Waals surface area contributed by atoms with Gasteiger partial charge < -0.3 is 14.6 Å². The normalized spacial score (nSPS) is 23.2. The second-order valence-electron chi connectivity index (χ2n) is 3.29. The van der Waals surface area contributed by atoms with Gasteiger partial charge in [0.15, 0.2) is 0 Å². The van der Waals surface area contributed by atoms with E-state index in [4.69, 9.17) is 14.6 Å². The fourth-order valence-electron chi connectivity index (χ4n) is 1.54. The highest BCUT2D eigenvalue weighted by Gasteiger charge is 2.35. The molecule has 0 bridgehead atoms. The monoisotopic (exact) mass is 202 g/mol. The van der Waals surface area contributed by atoms with E-state index in [1.165, 1.54) is 7.11 Å². The average Bonchev–Trinajstić information content (AvgIpc) is 2.52. The Kier molecular flexibility index (Phi) is 3.88. The van der Waals surface area contributed by atoms with Crippen LogP contribution in [0.2, 0.25) is 0 Å². The van der Waals surface area contributed by atoms with Crippen molar-refractivity contribution in [1.82, 2.24) is 0 Å². The summed E-state index contributed by atoms with van der Waals surface area (Å²) in [6.07, 6.45) is 0.722. The molecule has 0 spiro atoms. The summed E-state index contributed by atoms with van der Waals surface area (Å²) >= 11 is 0. The Morgan fingerprint density at radius 3 is 2.93 bits per heavy atom. The Morgan fingerprint density at radius 2 is 2.50 bits per heavy atom. The first-order chi connectivity index (χ1) is 6.65. The maximum absolute atomic E-state index is 10.9. The van der Waals surface area contributed by atoms with Crippen molar-refractivity contribution in [1.29, 1.82) is 0 Å². The predicted octanol–water partition coefficient (Wildman–Crippen LogP) is 0.429. The van der Waals surface area contributed by atoms with E-state index < -0.39 is 18.0 Å². The van der Waals surface area contributed by atoms with Crippen LogP contribution in [0.1, 0.15) is 19.3 Å². The van der Waals surface area contributed by atoms with Crippen LogP contribution in [0.15, 0.2) is 0 Å².